The first-order valence-corrected chi connectivity index (χ1v) is 11.6. The van der Waals surface area contributed by atoms with Crippen molar-refractivity contribution >= 4 is 29.5 Å². The minimum Gasteiger partial charge on any atom is -0.508 e. The van der Waals surface area contributed by atoms with Crippen LogP contribution in [0.25, 0.3) is 11.4 Å². The number of primary amides is 1. The number of amides is 1. The second-order valence-electron chi connectivity index (χ2n) is 9.89. The number of aliphatic hydroxyl groups is 3. The van der Waals surface area contributed by atoms with E-state index in [0.29, 0.717) is 23.1 Å². The molecule has 0 saturated heterocycles. The van der Waals surface area contributed by atoms with E-state index in [1.54, 1.807) is 43.2 Å². The fourth-order valence-corrected chi connectivity index (χ4v) is 6.10. The summed E-state index contributed by atoms with van der Waals surface area (Å²) in [7, 11) is 3.08. The molecule has 2 aromatic rings. The first-order chi connectivity index (χ1) is 17.4. The number of hydrogen-bond acceptors (Lipinski definition) is 9. The summed E-state index contributed by atoms with van der Waals surface area (Å²) in [6.07, 6.45) is 4.05. The Balaban J connectivity index is 1.74. The summed E-state index contributed by atoms with van der Waals surface area (Å²) < 4.78 is 1.65. The Morgan fingerprint density at radius 2 is 1.89 bits per heavy atom. The van der Waals surface area contributed by atoms with Crippen LogP contribution in [0.1, 0.15) is 27.9 Å². The van der Waals surface area contributed by atoms with Crippen LogP contribution in [0.4, 0.5) is 0 Å². The highest BCUT2D eigenvalue weighted by Gasteiger charge is 2.64. The molecule has 6 N–H and O–H groups in total. The fraction of sp³-hybridized carbons (Fsp3) is 0.308. The monoisotopic (exact) mass is 507 g/mol. The number of ketones is 2. The summed E-state index contributed by atoms with van der Waals surface area (Å²) in [5.41, 5.74) is 3.02. The highest BCUT2D eigenvalue weighted by atomic mass is 16.3. The quantitative estimate of drug-likeness (QED) is 0.292. The molecule has 0 bridgehead atoms. The van der Waals surface area contributed by atoms with Gasteiger partial charge in [0.25, 0.3) is 5.91 Å². The summed E-state index contributed by atoms with van der Waals surface area (Å²) in [6, 6.07) is 3.39. The van der Waals surface area contributed by atoms with Crippen LogP contribution >= 0.6 is 0 Å². The lowest BCUT2D eigenvalue weighted by Gasteiger charge is -2.50. The lowest BCUT2D eigenvalue weighted by molar-refractivity contribution is -0.153. The summed E-state index contributed by atoms with van der Waals surface area (Å²) in [6.45, 7) is 0. The largest absolute Gasteiger partial charge is 0.508 e. The Hall–Kier alpha value is -4.22. The molecule has 1 aromatic heterocycles. The zero-order valence-electron chi connectivity index (χ0n) is 20.0. The summed E-state index contributed by atoms with van der Waals surface area (Å²) in [5.74, 6) is -7.01. The van der Waals surface area contributed by atoms with Gasteiger partial charge in [0.15, 0.2) is 17.7 Å². The first kappa shape index (κ1) is 24.5. The number of Topliss-reactive ketones (excluding diaryl/α,β-unsaturated/α-hetero) is 2. The van der Waals surface area contributed by atoms with Crippen LogP contribution in [0.2, 0.25) is 0 Å². The van der Waals surface area contributed by atoms with Crippen molar-refractivity contribution in [3.63, 3.8) is 0 Å². The number of rotatable bonds is 4. The van der Waals surface area contributed by atoms with Gasteiger partial charge in [0, 0.05) is 35.1 Å². The predicted octanol–water partition coefficient (Wildman–Crippen LogP) is 0.567. The van der Waals surface area contributed by atoms with Crippen molar-refractivity contribution < 1.29 is 39.6 Å². The Morgan fingerprint density at radius 3 is 2.49 bits per heavy atom. The van der Waals surface area contributed by atoms with Crippen LogP contribution in [0, 0.1) is 11.8 Å². The Labute approximate surface area is 210 Å². The SMILES string of the molecule is CN(C)[C@@H]1C(=O)C(C(N)=O)=C(O)C2(O)C(=O)C3=C(O)c4c(O)ccc(-n5ccc(C=O)c5)c4CC3CC12. The van der Waals surface area contributed by atoms with Gasteiger partial charge in [-0.1, -0.05) is 0 Å². The second kappa shape index (κ2) is 8.15. The van der Waals surface area contributed by atoms with Gasteiger partial charge in [-0.25, -0.2) is 0 Å². The minimum atomic E-state index is -2.68. The van der Waals surface area contributed by atoms with Gasteiger partial charge in [0.2, 0.25) is 5.78 Å². The average Bonchev–Trinajstić information content (AvgIpc) is 3.30. The van der Waals surface area contributed by atoms with Gasteiger partial charge in [-0.2, -0.15) is 0 Å². The van der Waals surface area contributed by atoms with Crippen LogP contribution in [-0.2, 0) is 20.8 Å². The molecule has 1 saturated carbocycles. The van der Waals surface area contributed by atoms with Crippen molar-refractivity contribution in [2.75, 3.05) is 14.1 Å². The number of phenolic OH excluding ortho intramolecular Hbond substituents is 1. The summed E-state index contributed by atoms with van der Waals surface area (Å²) in [4.78, 5) is 51.7. The molecule has 1 fully saturated rings. The number of fused-ring (bicyclic) bond motifs is 3. The molecule has 37 heavy (non-hydrogen) atoms. The number of carbonyl (C=O) groups is 4. The molecule has 11 nitrogen and oxygen atoms in total. The van der Waals surface area contributed by atoms with Gasteiger partial charge >= 0.3 is 0 Å². The average molecular weight is 507 g/mol. The Bertz CT molecular complexity index is 1470. The molecule has 0 spiro atoms. The van der Waals surface area contributed by atoms with E-state index in [2.05, 4.69) is 0 Å². The normalized spacial score (nSPS) is 27.2. The number of aliphatic hydroxyl groups excluding tert-OH is 2. The zero-order valence-corrected chi connectivity index (χ0v) is 20.0. The van der Waals surface area contributed by atoms with E-state index in [1.807, 2.05) is 0 Å². The van der Waals surface area contributed by atoms with Gasteiger partial charge in [0.1, 0.15) is 22.8 Å². The van der Waals surface area contributed by atoms with E-state index in [9.17, 15) is 39.6 Å². The molecule has 0 aliphatic heterocycles. The number of nitrogens with zero attached hydrogens (tertiary/aromatic N) is 2. The molecule has 5 rings (SSSR count). The molecular weight excluding hydrogens is 482 g/mol. The Morgan fingerprint density at radius 1 is 1.19 bits per heavy atom. The third-order valence-electron chi connectivity index (χ3n) is 7.71. The molecule has 0 radical (unpaired) electrons. The molecule has 1 heterocycles. The number of carbonyl (C=O) groups excluding carboxylic acids is 4. The molecular formula is C26H25N3O8. The molecule has 3 unspecified atom stereocenters. The van der Waals surface area contributed by atoms with Gasteiger partial charge in [-0.15, -0.1) is 0 Å². The van der Waals surface area contributed by atoms with Crippen molar-refractivity contribution in [2.45, 2.75) is 24.5 Å². The standard InChI is InChI=1S/C26H25N3O8/c1-28(2)20-14-8-12-7-13-15(29-6-5-11(9-29)10-30)3-4-16(31)18(13)21(32)17(12)23(34)26(14,37)24(35)19(22(20)33)25(27)36/h3-6,9-10,12,14,20,31-32,35,37H,7-8H2,1-2H3,(H2,27,36)/t12?,14?,20-,26?/m0/s1. The first-order valence-electron chi connectivity index (χ1n) is 11.6. The number of benzene rings is 1. The van der Waals surface area contributed by atoms with Crippen LogP contribution in [-0.4, -0.2) is 79.4 Å². The number of nitrogens with two attached hydrogens (primary N) is 1. The molecule has 11 heteroatoms. The molecule has 1 aromatic carbocycles. The minimum absolute atomic E-state index is 0.00781. The van der Waals surface area contributed by atoms with Gasteiger partial charge in [-0.3, -0.25) is 24.1 Å². The third-order valence-corrected chi connectivity index (χ3v) is 7.71. The third kappa shape index (κ3) is 3.20. The van der Waals surface area contributed by atoms with Crippen molar-refractivity contribution in [1.82, 2.24) is 9.47 Å². The highest BCUT2D eigenvalue weighted by molar-refractivity contribution is 6.24. The lowest BCUT2D eigenvalue weighted by atomic mass is 9.57. The molecule has 4 atom stereocenters. The van der Waals surface area contributed by atoms with Gasteiger partial charge in [-0.05, 0) is 56.6 Å². The van der Waals surface area contributed by atoms with Gasteiger partial charge < -0.3 is 30.7 Å². The Kier molecular flexibility index (Phi) is 5.39. The topological polar surface area (TPSA) is 183 Å². The summed E-state index contributed by atoms with van der Waals surface area (Å²) >= 11 is 0. The molecule has 3 aliphatic carbocycles. The van der Waals surface area contributed by atoms with E-state index in [-0.39, 0.29) is 29.7 Å². The van der Waals surface area contributed by atoms with E-state index in [1.165, 1.54) is 11.0 Å². The van der Waals surface area contributed by atoms with E-state index in [0.717, 1.165) is 0 Å². The predicted molar refractivity (Wildman–Crippen MR) is 129 cm³/mol. The molecule has 1 amide bonds. The number of hydrogen-bond donors (Lipinski definition) is 5. The van der Waals surface area contributed by atoms with Crippen LogP contribution in [0.15, 0.2) is 47.5 Å². The molecule has 3 aliphatic rings. The summed E-state index contributed by atoms with van der Waals surface area (Å²) in [5, 5.41) is 44.4. The molecule has 192 valence electrons. The second-order valence-corrected chi connectivity index (χ2v) is 9.89. The van der Waals surface area contributed by atoms with Crippen LogP contribution in [0.5, 0.6) is 5.75 Å². The van der Waals surface area contributed by atoms with E-state index < -0.39 is 58.0 Å². The van der Waals surface area contributed by atoms with Crippen molar-refractivity contribution in [3.8, 4) is 11.4 Å². The number of aromatic nitrogens is 1. The number of aromatic hydroxyl groups is 1. The fourth-order valence-electron chi connectivity index (χ4n) is 6.10. The smallest absolute Gasteiger partial charge is 0.255 e. The van der Waals surface area contributed by atoms with Crippen molar-refractivity contribution in [1.29, 1.82) is 0 Å². The van der Waals surface area contributed by atoms with E-state index in [4.69, 9.17) is 5.73 Å². The highest BCUT2D eigenvalue weighted by Crippen LogP contribution is 2.53. The van der Waals surface area contributed by atoms with Gasteiger partial charge in [0.05, 0.1) is 11.6 Å². The maximum absolute atomic E-state index is 13.8. The maximum atomic E-state index is 13.8. The zero-order chi connectivity index (χ0) is 27.0. The number of aldehydes is 1. The van der Waals surface area contributed by atoms with Crippen LogP contribution < -0.4 is 5.73 Å². The van der Waals surface area contributed by atoms with Crippen molar-refractivity contribution in [3.05, 3.63) is 64.2 Å². The van der Waals surface area contributed by atoms with Crippen LogP contribution in [0.3, 0.4) is 0 Å². The number of phenols is 1. The van der Waals surface area contributed by atoms with Crippen molar-refractivity contribution in [2.24, 2.45) is 17.6 Å². The van der Waals surface area contributed by atoms with E-state index >= 15 is 0 Å². The maximum Gasteiger partial charge on any atom is 0.255 e. The lowest BCUT2D eigenvalue weighted by Crippen LogP contribution is -2.65. The number of likely N-dealkylation sites (N-methyl/N-ethyl adjacent to an activating group) is 1.